The summed E-state index contributed by atoms with van der Waals surface area (Å²) in [7, 11) is 0. The van der Waals surface area contributed by atoms with Gasteiger partial charge in [-0.15, -0.1) is 0 Å². The Hall–Kier alpha value is -0.340. The lowest BCUT2D eigenvalue weighted by molar-refractivity contribution is 0.150. The predicted octanol–water partition coefficient (Wildman–Crippen LogP) is 1.46. The summed E-state index contributed by atoms with van der Waals surface area (Å²) in [5.41, 5.74) is 0. The van der Waals surface area contributed by atoms with Crippen molar-refractivity contribution in [3.8, 4) is 0 Å². The second-order valence-corrected chi connectivity index (χ2v) is 3.42. The van der Waals surface area contributed by atoms with E-state index >= 15 is 0 Å². The van der Waals surface area contributed by atoms with Crippen LogP contribution in [-0.2, 0) is 0 Å². The van der Waals surface area contributed by atoms with Crippen molar-refractivity contribution in [2.24, 2.45) is 0 Å². The van der Waals surface area contributed by atoms with Crippen molar-refractivity contribution in [2.75, 3.05) is 6.54 Å². The zero-order chi connectivity index (χ0) is 8.81. The molecule has 2 atom stereocenters. The van der Waals surface area contributed by atoms with Crippen LogP contribution >= 0.6 is 0 Å². The molecular formula is C10H19NO. The predicted molar refractivity (Wildman–Crippen MR) is 51.1 cm³/mol. The summed E-state index contributed by atoms with van der Waals surface area (Å²) in [5.74, 6) is 0. The lowest BCUT2D eigenvalue weighted by Gasteiger charge is -2.15. The maximum absolute atomic E-state index is 9.46. The van der Waals surface area contributed by atoms with Gasteiger partial charge in [0, 0.05) is 6.04 Å². The van der Waals surface area contributed by atoms with Crippen LogP contribution in [0.5, 0.6) is 0 Å². The van der Waals surface area contributed by atoms with Crippen molar-refractivity contribution in [2.45, 2.75) is 44.8 Å². The number of nitrogens with one attached hydrogen (secondary N) is 1. The Morgan fingerprint density at radius 2 is 2.33 bits per heavy atom. The first-order valence-electron chi connectivity index (χ1n) is 4.87. The minimum absolute atomic E-state index is 0.101. The minimum atomic E-state index is -0.101. The Morgan fingerprint density at radius 3 is 2.92 bits per heavy atom. The Bertz CT molecular complexity index is 145. The summed E-state index contributed by atoms with van der Waals surface area (Å²) in [6, 6.07) is 0.357. The van der Waals surface area contributed by atoms with E-state index < -0.39 is 0 Å². The van der Waals surface area contributed by atoms with Gasteiger partial charge in [0.15, 0.2) is 0 Å². The second-order valence-electron chi connectivity index (χ2n) is 3.42. The van der Waals surface area contributed by atoms with E-state index in [2.05, 4.69) is 17.5 Å². The van der Waals surface area contributed by atoms with Gasteiger partial charge in [-0.2, -0.15) is 0 Å². The first kappa shape index (κ1) is 9.75. The van der Waals surface area contributed by atoms with E-state index in [9.17, 15) is 5.11 Å². The summed E-state index contributed by atoms with van der Waals surface area (Å²) >= 11 is 0. The van der Waals surface area contributed by atoms with Gasteiger partial charge in [0.05, 0.1) is 6.10 Å². The third-order valence-electron chi connectivity index (χ3n) is 2.43. The van der Waals surface area contributed by atoms with Crippen LogP contribution in [0.3, 0.4) is 0 Å². The van der Waals surface area contributed by atoms with Crippen molar-refractivity contribution < 1.29 is 5.11 Å². The fourth-order valence-electron chi connectivity index (χ4n) is 1.70. The van der Waals surface area contributed by atoms with Crippen LogP contribution in [0.4, 0.5) is 0 Å². The molecule has 0 aromatic carbocycles. The maximum Gasteiger partial charge on any atom is 0.0693 e. The highest BCUT2D eigenvalue weighted by Gasteiger charge is 2.23. The Labute approximate surface area is 74.7 Å². The number of hydrogen-bond donors (Lipinski definition) is 2. The molecule has 1 fully saturated rings. The molecule has 2 nitrogen and oxygen atoms in total. The van der Waals surface area contributed by atoms with Crippen molar-refractivity contribution in [1.29, 1.82) is 0 Å². The summed E-state index contributed by atoms with van der Waals surface area (Å²) in [4.78, 5) is 0. The summed E-state index contributed by atoms with van der Waals surface area (Å²) in [6.07, 6.45) is 8.46. The fraction of sp³-hybridized carbons (Fsp3) is 0.800. The lowest BCUT2D eigenvalue weighted by atomic mass is 10.2. The van der Waals surface area contributed by atoms with Crippen LogP contribution in [0.1, 0.15) is 32.6 Å². The molecule has 2 heteroatoms. The Morgan fingerprint density at radius 1 is 1.50 bits per heavy atom. The van der Waals surface area contributed by atoms with Gasteiger partial charge in [-0.1, -0.05) is 12.2 Å². The van der Waals surface area contributed by atoms with Gasteiger partial charge in [0.2, 0.25) is 0 Å². The summed E-state index contributed by atoms with van der Waals surface area (Å²) in [5, 5.41) is 12.8. The largest absolute Gasteiger partial charge is 0.392 e. The van der Waals surface area contributed by atoms with E-state index in [1.807, 2.05) is 6.92 Å². The zero-order valence-electron chi connectivity index (χ0n) is 7.79. The molecule has 0 aliphatic heterocycles. The molecule has 0 aromatic rings. The van der Waals surface area contributed by atoms with E-state index in [1.54, 1.807) is 0 Å². The molecule has 2 unspecified atom stereocenters. The topological polar surface area (TPSA) is 32.3 Å². The SMILES string of the molecule is C/C=C/CCNC1CCCC1O. The first-order valence-corrected chi connectivity index (χ1v) is 4.87. The van der Waals surface area contributed by atoms with Crippen LogP contribution in [0, 0.1) is 0 Å². The summed E-state index contributed by atoms with van der Waals surface area (Å²) < 4.78 is 0. The highest BCUT2D eigenvalue weighted by Crippen LogP contribution is 2.18. The first-order chi connectivity index (χ1) is 5.84. The maximum atomic E-state index is 9.46. The molecule has 0 bridgehead atoms. The monoisotopic (exact) mass is 169 g/mol. The normalized spacial score (nSPS) is 30.2. The molecule has 1 rings (SSSR count). The van der Waals surface area contributed by atoms with Crippen molar-refractivity contribution >= 4 is 0 Å². The summed E-state index contributed by atoms with van der Waals surface area (Å²) in [6.45, 7) is 3.02. The van der Waals surface area contributed by atoms with Gasteiger partial charge >= 0.3 is 0 Å². The molecule has 2 N–H and O–H groups in total. The van der Waals surface area contributed by atoms with Gasteiger partial charge in [0.1, 0.15) is 0 Å². The molecule has 0 spiro atoms. The quantitative estimate of drug-likeness (QED) is 0.493. The molecule has 1 saturated carbocycles. The highest BCUT2D eigenvalue weighted by molar-refractivity contribution is 4.84. The van der Waals surface area contributed by atoms with E-state index in [0.29, 0.717) is 6.04 Å². The molecular weight excluding hydrogens is 150 g/mol. The second kappa shape index (κ2) is 5.33. The average molecular weight is 169 g/mol. The molecule has 0 saturated heterocycles. The molecule has 70 valence electrons. The van der Waals surface area contributed by atoms with Crippen LogP contribution in [-0.4, -0.2) is 23.8 Å². The van der Waals surface area contributed by atoms with E-state index in [1.165, 1.54) is 6.42 Å². The molecule has 0 aromatic heterocycles. The van der Waals surface area contributed by atoms with Gasteiger partial charge in [-0.3, -0.25) is 0 Å². The lowest BCUT2D eigenvalue weighted by Crippen LogP contribution is -2.35. The van der Waals surface area contributed by atoms with Crippen LogP contribution in [0.25, 0.3) is 0 Å². The highest BCUT2D eigenvalue weighted by atomic mass is 16.3. The standard InChI is InChI=1S/C10H19NO/c1-2-3-4-8-11-9-6-5-7-10(9)12/h2-3,9-12H,4-8H2,1H3/b3-2+. The molecule has 12 heavy (non-hydrogen) atoms. The van der Waals surface area contributed by atoms with Crippen LogP contribution in [0.15, 0.2) is 12.2 Å². The van der Waals surface area contributed by atoms with E-state index in [-0.39, 0.29) is 6.10 Å². The number of allylic oxidation sites excluding steroid dienone is 1. The van der Waals surface area contributed by atoms with Crippen molar-refractivity contribution in [3.05, 3.63) is 12.2 Å². The van der Waals surface area contributed by atoms with Crippen molar-refractivity contribution in [3.63, 3.8) is 0 Å². The molecule has 1 aliphatic rings. The Balaban J connectivity index is 2.06. The molecule has 0 heterocycles. The van der Waals surface area contributed by atoms with Gasteiger partial charge in [0.25, 0.3) is 0 Å². The third kappa shape index (κ3) is 2.95. The number of hydrogen-bond acceptors (Lipinski definition) is 2. The fourth-order valence-corrected chi connectivity index (χ4v) is 1.70. The van der Waals surface area contributed by atoms with E-state index in [4.69, 9.17) is 0 Å². The van der Waals surface area contributed by atoms with Crippen LogP contribution in [0.2, 0.25) is 0 Å². The number of aliphatic hydroxyl groups excluding tert-OH is 1. The van der Waals surface area contributed by atoms with Gasteiger partial charge in [-0.25, -0.2) is 0 Å². The van der Waals surface area contributed by atoms with Gasteiger partial charge < -0.3 is 10.4 Å². The molecule has 0 amide bonds. The van der Waals surface area contributed by atoms with E-state index in [0.717, 1.165) is 25.8 Å². The minimum Gasteiger partial charge on any atom is -0.392 e. The molecule has 0 radical (unpaired) electrons. The number of aliphatic hydroxyl groups is 1. The third-order valence-corrected chi connectivity index (χ3v) is 2.43. The zero-order valence-corrected chi connectivity index (χ0v) is 7.79. The Kier molecular flexibility index (Phi) is 4.33. The van der Waals surface area contributed by atoms with Gasteiger partial charge in [-0.05, 0) is 39.2 Å². The van der Waals surface area contributed by atoms with Crippen LogP contribution < -0.4 is 5.32 Å². The average Bonchev–Trinajstić information content (AvgIpc) is 2.46. The molecule has 1 aliphatic carbocycles. The number of rotatable bonds is 4. The smallest absolute Gasteiger partial charge is 0.0693 e. The van der Waals surface area contributed by atoms with Crippen molar-refractivity contribution in [1.82, 2.24) is 5.32 Å².